The Bertz CT molecular complexity index is 448. The van der Waals surface area contributed by atoms with Crippen LogP contribution in [0.25, 0.3) is 11.3 Å². The van der Waals surface area contributed by atoms with E-state index in [9.17, 15) is 0 Å². The summed E-state index contributed by atoms with van der Waals surface area (Å²) in [6, 6.07) is 10.2. The third-order valence-corrected chi connectivity index (χ3v) is 2.89. The molecule has 1 aromatic carbocycles. The number of aromatic amines is 1. The van der Waals surface area contributed by atoms with Gasteiger partial charge in [-0.25, -0.2) is 4.98 Å². The van der Waals surface area contributed by atoms with Crippen LogP contribution in [0.1, 0.15) is 38.1 Å². The molecule has 1 unspecified atom stereocenters. The van der Waals surface area contributed by atoms with E-state index in [1.54, 1.807) is 0 Å². The number of hydrogen-bond donors (Lipinski definition) is 2. The molecule has 2 aromatic rings. The highest BCUT2D eigenvalue weighted by molar-refractivity contribution is 5.58. The molecule has 0 amide bonds. The van der Waals surface area contributed by atoms with Gasteiger partial charge in [0.25, 0.3) is 0 Å². The molecular formula is C14H19N3. The van der Waals surface area contributed by atoms with Crippen molar-refractivity contribution in [1.29, 1.82) is 0 Å². The van der Waals surface area contributed by atoms with Gasteiger partial charge < -0.3 is 10.7 Å². The van der Waals surface area contributed by atoms with Gasteiger partial charge in [-0.3, -0.25) is 0 Å². The highest BCUT2D eigenvalue weighted by atomic mass is 15.0. The summed E-state index contributed by atoms with van der Waals surface area (Å²) in [5, 5.41) is 0. The van der Waals surface area contributed by atoms with Crippen LogP contribution in [0.15, 0.2) is 36.5 Å². The predicted molar refractivity (Wildman–Crippen MR) is 70.5 cm³/mol. The van der Waals surface area contributed by atoms with Gasteiger partial charge in [-0.15, -0.1) is 0 Å². The first-order valence-electron chi connectivity index (χ1n) is 6.17. The summed E-state index contributed by atoms with van der Waals surface area (Å²) in [4.78, 5) is 7.73. The molecule has 1 atom stereocenters. The number of H-pyrrole nitrogens is 1. The van der Waals surface area contributed by atoms with Crippen LogP contribution in [-0.2, 0) is 0 Å². The van der Waals surface area contributed by atoms with E-state index >= 15 is 0 Å². The maximum absolute atomic E-state index is 6.08. The number of imidazole rings is 1. The second kappa shape index (κ2) is 5.64. The van der Waals surface area contributed by atoms with Crippen LogP contribution >= 0.6 is 0 Å². The highest BCUT2D eigenvalue weighted by Crippen LogP contribution is 2.20. The van der Waals surface area contributed by atoms with Crippen molar-refractivity contribution >= 4 is 0 Å². The molecule has 1 aromatic heterocycles. The Morgan fingerprint density at radius 1 is 1.29 bits per heavy atom. The van der Waals surface area contributed by atoms with Crippen molar-refractivity contribution in [2.45, 2.75) is 32.2 Å². The Kier molecular flexibility index (Phi) is 3.94. The largest absolute Gasteiger partial charge is 0.347 e. The standard InChI is InChI=1S/C14H19N3/c1-2-3-9-12(15)14-16-10-13(17-14)11-7-5-4-6-8-11/h4-8,10,12H,2-3,9,15H2,1H3,(H,16,17). The quantitative estimate of drug-likeness (QED) is 0.826. The third-order valence-electron chi connectivity index (χ3n) is 2.89. The van der Waals surface area contributed by atoms with Gasteiger partial charge in [-0.05, 0) is 6.42 Å². The van der Waals surface area contributed by atoms with Crippen LogP contribution in [0.5, 0.6) is 0 Å². The lowest BCUT2D eigenvalue weighted by molar-refractivity contribution is 0.580. The molecule has 0 fully saturated rings. The summed E-state index contributed by atoms with van der Waals surface area (Å²) in [5.41, 5.74) is 8.17. The van der Waals surface area contributed by atoms with Crippen molar-refractivity contribution < 1.29 is 0 Å². The molecule has 2 rings (SSSR count). The fourth-order valence-electron chi connectivity index (χ4n) is 1.84. The van der Waals surface area contributed by atoms with Crippen LogP contribution in [-0.4, -0.2) is 9.97 Å². The molecule has 0 aliphatic rings. The molecule has 3 heteroatoms. The Hall–Kier alpha value is -1.61. The van der Waals surface area contributed by atoms with Crippen LogP contribution in [0.2, 0.25) is 0 Å². The normalized spacial score (nSPS) is 12.6. The Morgan fingerprint density at radius 3 is 2.76 bits per heavy atom. The summed E-state index contributed by atoms with van der Waals surface area (Å²) >= 11 is 0. The monoisotopic (exact) mass is 229 g/mol. The lowest BCUT2D eigenvalue weighted by Gasteiger charge is -2.06. The Balaban J connectivity index is 2.11. The third kappa shape index (κ3) is 2.94. The van der Waals surface area contributed by atoms with Crippen molar-refractivity contribution in [3.8, 4) is 11.3 Å². The first-order chi connectivity index (χ1) is 8.31. The molecule has 1 heterocycles. The number of benzene rings is 1. The summed E-state index contributed by atoms with van der Waals surface area (Å²) in [5.74, 6) is 0.886. The van der Waals surface area contributed by atoms with Gasteiger partial charge in [0.05, 0.1) is 11.7 Å². The molecule has 0 spiro atoms. The first kappa shape index (κ1) is 11.9. The minimum atomic E-state index is 0.0208. The molecule has 3 nitrogen and oxygen atoms in total. The van der Waals surface area contributed by atoms with Crippen molar-refractivity contribution in [1.82, 2.24) is 9.97 Å². The second-order valence-corrected chi connectivity index (χ2v) is 4.29. The molecular weight excluding hydrogens is 210 g/mol. The van der Waals surface area contributed by atoms with E-state index in [2.05, 4.69) is 29.0 Å². The average Bonchev–Trinajstić information content (AvgIpc) is 2.86. The van der Waals surface area contributed by atoms with E-state index in [0.717, 1.165) is 29.9 Å². The van der Waals surface area contributed by atoms with Gasteiger partial charge in [-0.1, -0.05) is 50.1 Å². The number of nitrogens with zero attached hydrogens (tertiary/aromatic N) is 1. The van der Waals surface area contributed by atoms with E-state index in [-0.39, 0.29) is 6.04 Å². The Morgan fingerprint density at radius 2 is 2.06 bits per heavy atom. The van der Waals surface area contributed by atoms with Gasteiger partial charge >= 0.3 is 0 Å². The summed E-state index contributed by atoms with van der Waals surface area (Å²) in [7, 11) is 0. The Labute approximate surface area is 102 Å². The van der Waals surface area contributed by atoms with Gasteiger partial charge in [0, 0.05) is 11.8 Å². The smallest absolute Gasteiger partial charge is 0.123 e. The molecule has 3 N–H and O–H groups in total. The van der Waals surface area contributed by atoms with Crippen LogP contribution in [0.4, 0.5) is 0 Å². The molecule has 0 aliphatic heterocycles. The number of unbranched alkanes of at least 4 members (excludes halogenated alkanes) is 1. The first-order valence-corrected chi connectivity index (χ1v) is 6.17. The van der Waals surface area contributed by atoms with Gasteiger partial charge in [0.15, 0.2) is 0 Å². The summed E-state index contributed by atoms with van der Waals surface area (Å²) < 4.78 is 0. The van der Waals surface area contributed by atoms with E-state index in [1.165, 1.54) is 6.42 Å². The minimum Gasteiger partial charge on any atom is -0.347 e. The topological polar surface area (TPSA) is 54.7 Å². The van der Waals surface area contributed by atoms with Crippen LogP contribution in [0, 0.1) is 0 Å². The summed E-state index contributed by atoms with van der Waals surface area (Å²) in [6.07, 6.45) is 5.22. The maximum Gasteiger partial charge on any atom is 0.123 e. The summed E-state index contributed by atoms with van der Waals surface area (Å²) in [6.45, 7) is 2.17. The molecule has 17 heavy (non-hydrogen) atoms. The van der Waals surface area contributed by atoms with Crippen molar-refractivity contribution in [2.75, 3.05) is 0 Å². The van der Waals surface area contributed by atoms with Gasteiger partial charge in [0.1, 0.15) is 5.82 Å². The highest BCUT2D eigenvalue weighted by Gasteiger charge is 2.10. The predicted octanol–water partition coefficient (Wildman–Crippen LogP) is 3.27. The minimum absolute atomic E-state index is 0.0208. The van der Waals surface area contributed by atoms with E-state index in [1.807, 2.05) is 24.4 Å². The van der Waals surface area contributed by atoms with Crippen molar-refractivity contribution in [3.05, 3.63) is 42.4 Å². The van der Waals surface area contributed by atoms with Gasteiger partial charge in [0.2, 0.25) is 0 Å². The van der Waals surface area contributed by atoms with Gasteiger partial charge in [-0.2, -0.15) is 0 Å². The molecule has 0 aliphatic carbocycles. The molecule has 90 valence electrons. The lowest BCUT2D eigenvalue weighted by Crippen LogP contribution is -2.11. The number of nitrogens with two attached hydrogens (primary N) is 1. The van der Waals surface area contributed by atoms with Crippen molar-refractivity contribution in [3.63, 3.8) is 0 Å². The number of rotatable bonds is 5. The SMILES string of the molecule is CCCCC(N)c1nc(-c2ccccc2)c[nH]1. The zero-order valence-corrected chi connectivity index (χ0v) is 10.2. The zero-order chi connectivity index (χ0) is 12.1. The fourth-order valence-corrected chi connectivity index (χ4v) is 1.84. The zero-order valence-electron chi connectivity index (χ0n) is 10.2. The molecule has 0 saturated carbocycles. The number of hydrogen-bond acceptors (Lipinski definition) is 2. The molecule has 0 saturated heterocycles. The number of aromatic nitrogens is 2. The van der Waals surface area contributed by atoms with E-state index in [0.29, 0.717) is 0 Å². The van der Waals surface area contributed by atoms with E-state index < -0.39 is 0 Å². The fraction of sp³-hybridized carbons (Fsp3) is 0.357. The van der Waals surface area contributed by atoms with E-state index in [4.69, 9.17) is 5.73 Å². The molecule has 0 radical (unpaired) electrons. The maximum atomic E-state index is 6.08. The second-order valence-electron chi connectivity index (χ2n) is 4.29. The van der Waals surface area contributed by atoms with Crippen LogP contribution in [0.3, 0.4) is 0 Å². The van der Waals surface area contributed by atoms with Crippen molar-refractivity contribution in [2.24, 2.45) is 5.73 Å². The number of nitrogens with one attached hydrogen (secondary N) is 1. The average molecular weight is 229 g/mol. The van der Waals surface area contributed by atoms with Crippen LogP contribution < -0.4 is 5.73 Å². The molecule has 0 bridgehead atoms. The lowest BCUT2D eigenvalue weighted by atomic mass is 10.1.